The first-order valence-corrected chi connectivity index (χ1v) is 4.36. The summed E-state index contributed by atoms with van der Waals surface area (Å²) in [6.45, 7) is 4.84. The van der Waals surface area contributed by atoms with Crippen molar-refractivity contribution in [1.82, 2.24) is 5.32 Å². The molecule has 64 valence electrons. The fraction of sp³-hybridized carbons (Fsp3) is 1.00. The van der Waals surface area contributed by atoms with Crippen molar-refractivity contribution in [2.24, 2.45) is 17.1 Å². The third-order valence-electron chi connectivity index (χ3n) is 3.15. The van der Waals surface area contributed by atoms with Gasteiger partial charge in [-0.1, -0.05) is 0 Å². The van der Waals surface area contributed by atoms with Crippen molar-refractivity contribution < 1.29 is 4.74 Å². The Morgan fingerprint density at radius 1 is 1.64 bits per heavy atom. The molecule has 0 radical (unpaired) electrons. The smallest absolute Gasteiger partial charge is 0.0539 e. The molecule has 2 aliphatic heterocycles. The van der Waals surface area contributed by atoms with Crippen molar-refractivity contribution in [3.8, 4) is 0 Å². The van der Waals surface area contributed by atoms with Gasteiger partial charge < -0.3 is 15.8 Å². The number of nitrogens with one attached hydrogen (secondary N) is 1. The van der Waals surface area contributed by atoms with Gasteiger partial charge in [-0.25, -0.2) is 0 Å². The number of ether oxygens (including phenoxy) is 1. The lowest BCUT2D eigenvalue weighted by molar-refractivity contribution is 0.137. The van der Waals surface area contributed by atoms with E-state index in [2.05, 4.69) is 5.32 Å². The van der Waals surface area contributed by atoms with Gasteiger partial charge in [0.25, 0.3) is 0 Å². The minimum Gasteiger partial charge on any atom is -0.381 e. The van der Waals surface area contributed by atoms with Gasteiger partial charge in [-0.3, -0.25) is 0 Å². The Morgan fingerprint density at radius 3 is 3.18 bits per heavy atom. The van der Waals surface area contributed by atoms with E-state index in [1.165, 1.54) is 6.42 Å². The van der Waals surface area contributed by atoms with Gasteiger partial charge in [0.1, 0.15) is 0 Å². The first-order valence-electron chi connectivity index (χ1n) is 4.36. The summed E-state index contributed by atoms with van der Waals surface area (Å²) in [6.07, 6.45) is 1.20. The average Bonchev–Trinajstić information content (AvgIpc) is 2.62. The highest BCUT2D eigenvalue weighted by Crippen LogP contribution is 2.38. The summed E-state index contributed by atoms with van der Waals surface area (Å²) < 4.78 is 5.42. The highest BCUT2D eigenvalue weighted by atomic mass is 16.5. The fourth-order valence-corrected chi connectivity index (χ4v) is 2.27. The van der Waals surface area contributed by atoms with E-state index < -0.39 is 0 Å². The topological polar surface area (TPSA) is 47.3 Å². The van der Waals surface area contributed by atoms with Gasteiger partial charge in [0.05, 0.1) is 6.61 Å². The predicted octanol–water partition coefficient (Wildman–Crippen LogP) is -0.429. The lowest BCUT2D eigenvalue weighted by Gasteiger charge is -2.26. The summed E-state index contributed by atoms with van der Waals surface area (Å²) in [4.78, 5) is 0. The van der Waals surface area contributed by atoms with Crippen LogP contribution in [0.15, 0.2) is 0 Å². The maximum atomic E-state index is 5.69. The van der Waals surface area contributed by atoms with E-state index in [1.54, 1.807) is 0 Å². The first kappa shape index (κ1) is 7.53. The van der Waals surface area contributed by atoms with Crippen LogP contribution in [0, 0.1) is 11.3 Å². The lowest BCUT2D eigenvalue weighted by atomic mass is 9.77. The molecule has 2 aliphatic rings. The number of hydrogen-bond donors (Lipinski definition) is 2. The third kappa shape index (κ3) is 1.08. The van der Waals surface area contributed by atoms with Crippen LogP contribution in [-0.2, 0) is 4.74 Å². The molecule has 0 amide bonds. The van der Waals surface area contributed by atoms with E-state index >= 15 is 0 Å². The minimum atomic E-state index is 0.398. The summed E-state index contributed by atoms with van der Waals surface area (Å²) in [6, 6.07) is 0. The largest absolute Gasteiger partial charge is 0.381 e. The van der Waals surface area contributed by atoms with Crippen LogP contribution in [-0.4, -0.2) is 32.8 Å². The van der Waals surface area contributed by atoms with E-state index in [0.29, 0.717) is 11.3 Å². The first-order chi connectivity index (χ1) is 5.37. The average molecular weight is 156 g/mol. The van der Waals surface area contributed by atoms with Crippen LogP contribution in [0.25, 0.3) is 0 Å². The van der Waals surface area contributed by atoms with Crippen LogP contribution in [0.5, 0.6) is 0 Å². The Bertz CT molecular complexity index is 138. The molecular formula is C8H16N2O. The van der Waals surface area contributed by atoms with Crippen molar-refractivity contribution >= 4 is 0 Å². The number of hydrogen-bond acceptors (Lipinski definition) is 3. The third-order valence-corrected chi connectivity index (χ3v) is 3.15. The van der Waals surface area contributed by atoms with Crippen molar-refractivity contribution in [3.05, 3.63) is 0 Å². The summed E-state index contributed by atoms with van der Waals surface area (Å²) >= 11 is 0. The Morgan fingerprint density at radius 2 is 2.55 bits per heavy atom. The predicted molar refractivity (Wildman–Crippen MR) is 43.3 cm³/mol. The monoisotopic (exact) mass is 156 g/mol. The molecule has 3 nitrogen and oxygen atoms in total. The molecule has 1 spiro atoms. The minimum absolute atomic E-state index is 0.398. The maximum Gasteiger partial charge on any atom is 0.0539 e. The molecule has 2 atom stereocenters. The number of nitrogens with two attached hydrogens (primary N) is 1. The second kappa shape index (κ2) is 2.73. The Kier molecular flexibility index (Phi) is 1.87. The van der Waals surface area contributed by atoms with Gasteiger partial charge >= 0.3 is 0 Å². The molecule has 0 aromatic heterocycles. The summed E-state index contributed by atoms with van der Waals surface area (Å²) in [5.41, 5.74) is 6.09. The fourth-order valence-electron chi connectivity index (χ4n) is 2.27. The van der Waals surface area contributed by atoms with Gasteiger partial charge in [-0.15, -0.1) is 0 Å². The van der Waals surface area contributed by atoms with E-state index in [4.69, 9.17) is 10.5 Å². The molecule has 2 heterocycles. The van der Waals surface area contributed by atoms with Gasteiger partial charge in [-0.05, 0) is 25.4 Å². The molecule has 0 aromatic rings. The molecule has 11 heavy (non-hydrogen) atoms. The van der Waals surface area contributed by atoms with Crippen LogP contribution >= 0.6 is 0 Å². The Labute approximate surface area is 67.3 Å². The Hall–Kier alpha value is -0.120. The SMILES string of the molecule is NCC1CNCC12CCOC2. The molecule has 2 unspecified atom stereocenters. The van der Waals surface area contributed by atoms with Crippen LogP contribution in [0.4, 0.5) is 0 Å². The van der Waals surface area contributed by atoms with Crippen molar-refractivity contribution in [2.45, 2.75) is 6.42 Å². The molecule has 0 saturated carbocycles. The molecule has 2 fully saturated rings. The summed E-state index contributed by atoms with van der Waals surface area (Å²) in [5.74, 6) is 0.644. The standard InChI is InChI=1S/C8H16N2O/c9-3-7-4-10-5-8(7)1-2-11-6-8/h7,10H,1-6,9H2. The summed E-state index contributed by atoms with van der Waals surface area (Å²) in [5, 5.41) is 3.40. The van der Waals surface area contributed by atoms with Gasteiger partial charge in [0.15, 0.2) is 0 Å². The molecular weight excluding hydrogens is 140 g/mol. The molecule has 2 saturated heterocycles. The zero-order valence-corrected chi connectivity index (χ0v) is 6.81. The zero-order valence-electron chi connectivity index (χ0n) is 6.81. The van der Waals surface area contributed by atoms with Crippen LogP contribution in [0.2, 0.25) is 0 Å². The van der Waals surface area contributed by atoms with Gasteiger partial charge in [0, 0.05) is 18.6 Å². The zero-order chi connectivity index (χ0) is 7.73. The molecule has 0 aromatic carbocycles. The normalized spacial score (nSPS) is 43.9. The van der Waals surface area contributed by atoms with Crippen molar-refractivity contribution in [3.63, 3.8) is 0 Å². The molecule has 2 rings (SSSR count). The van der Waals surface area contributed by atoms with Crippen molar-refractivity contribution in [2.75, 3.05) is 32.8 Å². The highest BCUT2D eigenvalue weighted by molar-refractivity contribution is 4.97. The van der Waals surface area contributed by atoms with E-state index in [-0.39, 0.29) is 0 Å². The maximum absolute atomic E-state index is 5.69. The molecule has 0 aliphatic carbocycles. The lowest BCUT2D eigenvalue weighted by Crippen LogP contribution is -2.34. The van der Waals surface area contributed by atoms with Crippen LogP contribution < -0.4 is 11.1 Å². The molecule has 3 heteroatoms. The van der Waals surface area contributed by atoms with E-state index in [0.717, 1.165) is 32.8 Å². The second-order valence-corrected chi connectivity index (χ2v) is 3.73. The highest BCUT2D eigenvalue weighted by Gasteiger charge is 2.44. The quantitative estimate of drug-likeness (QED) is 0.541. The molecule has 0 bridgehead atoms. The second-order valence-electron chi connectivity index (χ2n) is 3.73. The van der Waals surface area contributed by atoms with E-state index in [1.807, 2.05) is 0 Å². The van der Waals surface area contributed by atoms with Gasteiger partial charge in [-0.2, -0.15) is 0 Å². The van der Waals surface area contributed by atoms with Crippen LogP contribution in [0.1, 0.15) is 6.42 Å². The molecule has 3 N–H and O–H groups in total. The van der Waals surface area contributed by atoms with E-state index in [9.17, 15) is 0 Å². The van der Waals surface area contributed by atoms with Gasteiger partial charge in [0.2, 0.25) is 0 Å². The van der Waals surface area contributed by atoms with Crippen molar-refractivity contribution in [1.29, 1.82) is 0 Å². The number of rotatable bonds is 1. The summed E-state index contributed by atoms with van der Waals surface area (Å²) in [7, 11) is 0. The Balaban J connectivity index is 2.09. The van der Waals surface area contributed by atoms with Crippen LogP contribution in [0.3, 0.4) is 0 Å².